The van der Waals surface area contributed by atoms with Crippen LogP contribution in [0, 0.1) is 11.7 Å². The fourth-order valence-corrected chi connectivity index (χ4v) is 4.92. The highest BCUT2D eigenvalue weighted by atomic mass is 19.1. The van der Waals surface area contributed by atoms with Crippen molar-refractivity contribution in [3.63, 3.8) is 0 Å². The van der Waals surface area contributed by atoms with E-state index in [9.17, 15) is 4.79 Å². The average Bonchev–Trinajstić information content (AvgIpc) is 3.35. The number of rotatable bonds is 4. The van der Waals surface area contributed by atoms with Crippen molar-refractivity contribution < 1.29 is 13.9 Å². The SMILES string of the molecule is CC(C)C1Cn2cc(-c3nc(N[C@@H]4CCCC[C@@H]4N)c(F)c4c3C(=O)NC4)cc2CO1. The first kappa shape index (κ1) is 20.5. The third-order valence-electron chi connectivity index (χ3n) is 6.85. The van der Waals surface area contributed by atoms with Crippen molar-refractivity contribution in [1.82, 2.24) is 14.9 Å². The highest BCUT2D eigenvalue weighted by molar-refractivity contribution is 6.04. The summed E-state index contributed by atoms with van der Waals surface area (Å²) < 4.78 is 23.5. The van der Waals surface area contributed by atoms with E-state index in [1.54, 1.807) is 0 Å². The highest BCUT2D eigenvalue weighted by Gasteiger charge is 2.33. The van der Waals surface area contributed by atoms with E-state index in [0.29, 0.717) is 29.3 Å². The second-order valence-electron chi connectivity index (χ2n) is 9.32. The highest BCUT2D eigenvalue weighted by Crippen LogP contribution is 2.35. The number of halogens is 1. The maximum atomic E-state index is 15.3. The summed E-state index contributed by atoms with van der Waals surface area (Å²) in [6.07, 6.45) is 6.12. The molecule has 1 aliphatic carbocycles. The van der Waals surface area contributed by atoms with Gasteiger partial charge in [-0.25, -0.2) is 9.37 Å². The number of carbonyl (C=O) groups is 1. The first-order chi connectivity index (χ1) is 14.9. The van der Waals surface area contributed by atoms with Crippen LogP contribution in [0.2, 0.25) is 0 Å². The molecule has 2 aromatic heterocycles. The standard InChI is InChI=1S/C23H30FN5O2/c1-12(2)18-10-29-9-13(7-14(29)11-31-18)21-19-15(8-26-23(19)30)20(24)22(28-21)27-17-6-4-3-5-16(17)25/h7,9,12,16-18H,3-6,8,10-11,25H2,1-2H3,(H,26,30)(H,27,28)/t16-,17+,18?/m0/s1. The van der Waals surface area contributed by atoms with Gasteiger partial charge in [-0.05, 0) is 24.8 Å². The minimum Gasteiger partial charge on any atom is -0.370 e. The lowest BCUT2D eigenvalue weighted by molar-refractivity contribution is -0.0226. The summed E-state index contributed by atoms with van der Waals surface area (Å²) in [5.74, 6) is -0.138. The summed E-state index contributed by atoms with van der Waals surface area (Å²) in [5.41, 5.74) is 9.34. The molecule has 5 rings (SSSR count). The molecule has 0 bridgehead atoms. The van der Waals surface area contributed by atoms with E-state index in [0.717, 1.165) is 43.5 Å². The molecule has 3 atom stereocenters. The second-order valence-corrected chi connectivity index (χ2v) is 9.32. The number of nitrogens with two attached hydrogens (primary N) is 1. The van der Waals surface area contributed by atoms with Crippen LogP contribution in [0.4, 0.5) is 10.2 Å². The third kappa shape index (κ3) is 3.61. The Morgan fingerprint density at radius 1 is 1.35 bits per heavy atom. The molecule has 0 saturated heterocycles. The first-order valence-electron chi connectivity index (χ1n) is 11.3. The van der Waals surface area contributed by atoms with Crippen molar-refractivity contribution in [2.24, 2.45) is 11.7 Å². The topological polar surface area (TPSA) is 94.2 Å². The number of nitrogens with zero attached hydrogens (tertiary/aromatic N) is 2. The smallest absolute Gasteiger partial charge is 0.254 e. The molecular formula is C23H30FN5O2. The lowest BCUT2D eigenvalue weighted by atomic mass is 9.91. The van der Waals surface area contributed by atoms with Gasteiger partial charge in [-0.15, -0.1) is 0 Å². The zero-order valence-electron chi connectivity index (χ0n) is 18.1. The van der Waals surface area contributed by atoms with E-state index in [4.69, 9.17) is 10.5 Å². The van der Waals surface area contributed by atoms with Gasteiger partial charge in [-0.1, -0.05) is 26.7 Å². The number of anilines is 1. The van der Waals surface area contributed by atoms with Crippen LogP contribution in [0.5, 0.6) is 0 Å². The molecule has 0 radical (unpaired) electrons. The fourth-order valence-electron chi connectivity index (χ4n) is 4.92. The molecule has 1 fully saturated rings. The summed E-state index contributed by atoms with van der Waals surface area (Å²) in [6, 6.07) is 1.95. The van der Waals surface area contributed by atoms with E-state index in [1.807, 2.05) is 12.3 Å². The monoisotopic (exact) mass is 427 g/mol. The van der Waals surface area contributed by atoms with Crippen molar-refractivity contribution in [3.05, 3.63) is 34.9 Å². The van der Waals surface area contributed by atoms with E-state index in [2.05, 4.69) is 34.0 Å². The van der Waals surface area contributed by atoms with Crippen LogP contribution >= 0.6 is 0 Å². The predicted molar refractivity (Wildman–Crippen MR) is 116 cm³/mol. The van der Waals surface area contributed by atoms with Crippen molar-refractivity contribution in [2.45, 2.75) is 77.4 Å². The van der Waals surface area contributed by atoms with Crippen molar-refractivity contribution in [1.29, 1.82) is 0 Å². The number of ether oxygens (including phenoxy) is 1. The Bertz CT molecular complexity index is 1020. The zero-order valence-corrected chi connectivity index (χ0v) is 18.1. The largest absolute Gasteiger partial charge is 0.370 e. The molecule has 1 saturated carbocycles. The normalized spacial score (nSPS) is 25.3. The summed E-state index contributed by atoms with van der Waals surface area (Å²) in [5, 5.41) is 6.01. The molecular weight excluding hydrogens is 397 g/mol. The van der Waals surface area contributed by atoms with E-state index in [-0.39, 0.29) is 36.5 Å². The maximum absolute atomic E-state index is 15.3. The Morgan fingerprint density at radius 2 is 2.16 bits per heavy atom. The van der Waals surface area contributed by atoms with Gasteiger partial charge < -0.3 is 25.7 Å². The first-order valence-corrected chi connectivity index (χ1v) is 11.3. The van der Waals surface area contributed by atoms with Gasteiger partial charge in [0.25, 0.3) is 5.91 Å². The summed E-state index contributed by atoms with van der Waals surface area (Å²) in [4.78, 5) is 17.2. The number of aromatic nitrogens is 2. The van der Waals surface area contributed by atoms with Crippen molar-refractivity contribution in [3.8, 4) is 11.3 Å². The summed E-state index contributed by atoms with van der Waals surface area (Å²) in [6.45, 7) is 5.73. The Balaban J connectivity index is 1.54. The molecule has 0 aromatic carbocycles. The van der Waals surface area contributed by atoms with E-state index >= 15 is 4.39 Å². The number of hydrogen-bond donors (Lipinski definition) is 3. The van der Waals surface area contributed by atoms with Crippen molar-refractivity contribution >= 4 is 11.7 Å². The Hall–Kier alpha value is -2.45. The molecule has 166 valence electrons. The van der Waals surface area contributed by atoms with Gasteiger partial charge in [0.05, 0.1) is 24.0 Å². The Kier molecular flexibility index (Phi) is 5.22. The minimum absolute atomic E-state index is 0.0193. The third-order valence-corrected chi connectivity index (χ3v) is 6.85. The van der Waals surface area contributed by atoms with E-state index in [1.165, 1.54) is 0 Å². The molecule has 2 aromatic rings. The zero-order chi connectivity index (χ0) is 21.7. The molecule has 7 nitrogen and oxygen atoms in total. The van der Waals surface area contributed by atoms with Crippen LogP contribution in [0.25, 0.3) is 11.3 Å². The average molecular weight is 428 g/mol. The quantitative estimate of drug-likeness (QED) is 0.697. The molecule has 8 heteroatoms. The lowest BCUT2D eigenvalue weighted by Gasteiger charge is -2.30. The van der Waals surface area contributed by atoms with Gasteiger partial charge in [0, 0.05) is 48.2 Å². The molecule has 3 aliphatic rings. The Morgan fingerprint density at radius 3 is 2.94 bits per heavy atom. The molecule has 4 heterocycles. The van der Waals surface area contributed by atoms with E-state index < -0.39 is 5.82 Å². The van der Waals surface area contributed by atoms with Gasteiger partial charge in [0.2, 0.25) is 0 Å². The number of carbonyl (C=O) groups excluding carboxylic acids is 1. The molecule has 0 spiro atoms. The molecule has 4 N–H and O–H groups in total. The van der Waals surface area contributed by atoms with Crippen LogP contribution in [-0.2, 0) is 24.4 Å². The maximum Gasteiger partial charge on any atom is 0.254 e. The molecule has 1 unspecified atom stereocenters. The van der Waals surface area contributed by atoms with Crippen LogP contribution < -0.4 is 16.4 Å². The van der Waals surface area contributed by atoms with Gasteiger partial charge in [0.15, 0.2) is 11.6 Å². The minimum atomic E-state index is -0.456. The number of pyridine rings is 1. The van der Waals surface area contributed by atoms with Gasteiger partial charge >= 0.3 is 0 Å². The van der Waals surface area contributed by atoms with Gasteiger partial charge in [-0.3, -0.25) is 4.79 Å². The second kappa shape index (κ2) is 7.91. The van der Waals surface area contributed by atoms with Crippen molar-refractivity contribution in [2.75, 3.05) is 5.32 Å². The van der Waals surface area contributed by atoms with Crippen LogP contribution in [0.3, 0.4) is 0 Å². The summed E-state index contributed by atoms with van der Waals surface area (Å²) in [7, 11) is 0. The Labute approximate surface area is 181 Å². The van der Waals surface area contributed by atoms with Crippen LogP contribution in [0.1, 0.15) is 61.1 Å². The fraction of sp³-hybridized carbons (Fsp3) is 0.565. The molecule has 2 aliphatic heterocycles. The molecule has 31 heavy (non-hydrogen) atoms. The van der Waals surface area contributed by atoms with Crippen LogP contribution in [-0.4, -0.2) is 33.6 Å². The lowest BCUT2D eigenvalue weighted by Crippen LogP contribution is -2.43. The number of nitrogens with one attached hydrogen (secondary N) is 2. The molecule has 1 amide bonds. The number of fused-ring (bicyclic) bond motifs is 2. The summed E-state index contributed by atoms with van der Waals surface area (Å²) >= 11 is 0. The number of hydrogen-bond acceptors (Lipinski definition) is 5. The van der Waals surface area contributed by atoms with Gasteiger partial charge in [0.1, 0.15) is 0 Å². The number of amides is 1. The van der Waals surface area contributed by atoms with Crippen LogP contribution in [0.15, 0.2) is 12.3 Å². The predicted octanol–water partition coefficient (Wildman–Crippen LogP) is 3.17. The van der Waals surface area contributed by atoms with Gasteiger partial charge in [-0.2, -0.15) is 0 Å².